The maximum absolute atomic E-state index is 2.66. The Bertz CT molecular complexity index is 372. The molecule has 0 N–H and O–H groups in total. The molecule has 0 saturated carbocycles. The first-order valence-electron chi connectivity index (χ1n) is 7.61. The fourth-order valence-electron chi connectivity index (χ4n) is 3.04. The third-order valence-electron chi connectivity index (χ3n) is 4.27. The second-order valence-electron chi connectivity index (χ2n) is 6.28. The van der Waals surface area contributed by atoms with Crippen molar-refractivity contribution < 1.29 is 0 Å². The van der Waals surface area contributed by atoms with E-state index in [2.05, 4.69) is 67.8 Å². The maximum atomic E-state index is 2.66. The van der Waals surface area contributed by atoms with E-state index >= 15 is 0 Å². The van der Waals surface area contributed by atoms with E-state index in [-0.39, 0.29) is 0 Å². The zero-order chi connectivity index (χ0) is 13.8. The van der Waals surface area contributed by atoms with Crippen LogP contribution in [0, 0.1) is 0 Å². The van der Waals surface area contributed by atoms with Gasteiger partial charge < -0.3 is 0 Å². The summed E-state index contributed by atoms with van der Waals surface area (Å²) in [6.45, 7) is 12.8. The van der Waals surface area contributed by atoms with Crippen molar-refractivity contribution in [1.82, 2.24) is 9.80 Å². The van der Waals surface area contributed by atoms with Crippen LogP contribution in [0.15, 0.2) is 30.3 Å². The molecule has 0 bridgehead atoms. The summed E-state index contributed by atoms with van der Waals surface area (Å²) in [4.78, 5) is 5.27. The first-order valence-corrected chi connectivity index (χ1v) is 7.61. The lowest BCUT2D eigenvalue weighted by Crippen LogP contribution is -2.42. The van der Waals surface area contributed by atoms with E-state index in [0.717, 1.165) is 6.54 Å². The highest BCUT2D eigenvalue weighted by molar-refractivity contribution is 5.14. The molecule has 1 heterocycles. The first kappa shape index (κ1) is 14.5. The molecule has 0 aromatic heterocycles. The zero-order valence-corrected chi connectivity index (χ0v) is 12.8. The Morgan fingerprint density at radius 2 is 1.84 bits per heavy atom. The smallest absolute Gasteiger partial charge is 0.0241 e. The van der Waals surface area contributed by atoms with E-state index in [1.54, 1.807) is 0 Å². The van der Waals surface area contributed by atoms with Crippen LogP contribution in [0.3, 0.4) is 0 Å². The fraction of sp³-hybridized carbons (Fsp3) is 0.647. The number of nitrogens with zero attached hydrogens (tertiary/aromatic N) is 2. The van der Waals surface area contributed by atoms with Crippen molar-refractivity contribution in [3.8, 4) is 0 Å². The van der Waals surface area contributed by atoms with Crippen LogP contribution in [0.5, 0.6) is 0 Å². The number of likely N-dealkylation sites (tertiary alicyclic amines) is 1. The van der Waals surface area contributed by atoms with Gasteiger partial charge in [0.05, 0.1) is 0 Å². The predicted molar refractivity (Wildman–Crippen MR) is 82.2 cm³/mol. The van der Waals surface area contributed by atoms with Crippen LogP contribution in [0.25, 0.3) is 0 Å². The molecule has 1 fully saturated rings. The minimum Gasteiger partial charge on any atom is -0.299 e. The van der Waals surface area contributed by atoms with Crippen molar-refractivity contribution in [2.75, 3.05) is 13.1 Å². The van der Waals surface area contributed by atoms with Crippen LogP contribution in [0.1, 0.15) is 39.7 Å². The highest BCUT2D eigenvalue weighted by Crippen LogP contribution is 2.22. The molecule has 1 unspecified atom stereocenters. The largest absolute Gasteiger partial charge is 0.299 e. The van der Waals surface area contributed by atoms with Crippen molar-refractivity contribution in [3.05, 3.63) is 35.9 Å². The molecule has 1 aliphatic heterocycles. The van der Waals surface area contributed by atoms with Gasteiger partial charge in [-0.05, 0) is 39.7 Å². The minimum atomic E-state index is 0.609. The molecule has 0 radical (unpaired) electrons. The van der Waals surface area contributed by atoms with Gasteiger partial charge in [-0.25, -0.2) is 0 Å². The van der Waals surface area contributed by atoms with Crippen LogP contribution in [-0.2, 0) is 6.54 Å². The molecule has 2 rings (SSSR count). The van der Waals surface area contributed by atoms with Gasteiger partial charge in [-0.15, -0.1) is 0 Å². The Morgan fingerprint density at radius 1 is 1.16 bits per heavy atom. The summed E-state index contributed by atoms with van der Waals surface area (Å²) in [7, 11) is 0. The third-order valence-corrected chi connectivity index (χ3v) is 4.27. The third kappa shape index (κ3) is 3.80. The van der Waals surface area contributed by atoms with E-state index in [1.807, 2.05) is 0 Å². The molecule has 1 aromatic carbocycles. The molecular weight excluding hydrogens is 232 g/mol. The summed E-state index contributed by atoms with van der Waals surface area (Å²) in [5.74, 6) is 0. The van der Waals surface area contributed by atoms with Crippen LogP contribution in [-0.4, -0.2) is 41.0 Å². The molecule has 1 atom stereocenters. The summed E-state index contributed by atoms with van der Waals surface area (Å²) in [5, 5.41) is 0. The van der Waals surface area contributed by atoms with Crippen LogP contribution in [0.4, 0.5) is 0 Å². The van der Waals surface area contributed by atoms with Gasteiger partial charge in [0.25, 0.3) is 0 Å². The molecule has 0 aliphatic carbocycles. The van der Waals surface area contributed by atoms with Crippen molar-refractivity contribution in [1.29, 1.82) is 0 Å². The average molecular weight is 260 g/mol. The molecular formula is C17H28N2. The highest BCUT2D eigenvalue weighted by Gasteiger charge is 2.30. The number of benzene rings is 1. The van der Waals surface area contributed by atoms with Crippen molar-refractivity contribution >= 4 is 0 Å². The summed E-state index contributed by atoms with van der Waals surface area (Å²) >= 11 is 0. The van der Waals surface area contributed by atoms with E-state index in [9.17, 15) is 0 Å². The first-order chi connectivity index (χ1) is 9.08. The summed E-state index contributed by atoms with van der Waals surface area (Å²) in [6.07, 6.45) is 1.31. The zero-order valence-electron chi connectivity index (χ0n) is 12.8. The van der Waals surface area contributed by atoms with Crippen molar-refractivity contribution in [3.63, 3.8) is 0 Å². The summed E-state index contributed by atoms with van der Waals surface area (Å²) < 4.78 is 0. The molecule has 19 heavy (non-hydrogen) atoms. The lowest BCUT2D eigenvalue weighted by Gasteiger charge is -2.33. The average Bonchev–Trinajstić information content (AvgIpc) is 2.86. The molecule has 0 amide bonds. The van der Waals surface area contributed by atoms with Crippen molar-refractivity contribution in [2.24, 2.45) is 0 Å². The molecule has 1 aliphatic rings. The van der Waals surface area contributed by atoms with Crippen LogP contribution >= 0.6 is 0 Å². The number of hydrogen-bond acceptors (Lipinski definition) is 2. The van der Waals surface area contributed by atoms with E-state index in [1.165, 1.54) is 25.1 Å². The monoisotopic (exact) mass is 260 g/mol. The van der Waals surface area contributed by atoms with Gasteiger partial charge in [-0.1, -0.05) is 30.3 Å². The SMILES string of the molecule is CC(C)N1CCC(N(Cc2ccccc2)C(C)C)C1. The minimum absolute atomic E-state index is 0.609. The quantitative estimate of drug-likeness (QED) is 0.801. The molecule has 1 saturated heterocycles. The Morgan fingerprint density at radius 3 is 2.37 bits per heavy atom. The maximum Gasteiger partial charge on any atom is 0.0241 e. The summed E-state index contributed by atoms with van der Waals surface area (Å²) in [6, 6.07) is 12.9. The van der Waals surface area contributed by atoms with Gasteiger partial charge >= 0.3 is 0 Å². The van der Waals surface area contributed by atoms with Crippen LogP contribution < -0.4 is 0 Å². The second kappa shape index (κ2) is 6.53. The summed E-state index contributed by atoms with van der Waals surface area (Å²) in [5.41, 5.74) is 1.43. The van der Waals surface area contributed by atoms with Crippen LogP contribution in [0.2, 0.25) is 0 Å². The lowest BCUT2D eigenvalue weighted by molar-refractivity contribution is 0.139. The molecule has 2 nitrogen and oxygen atoms in total. The van der Waals surface area contributed by atoms with E-state index in [4.69, 9.17) is 0 Å². The second-order valence-corrected chi connectivity index (χ2v) is 6.28. The molecule has 1 aromatic rings. The van der Waals surface area contributed by atoms with Gasteiger partial charge in [-0.3, -0.25) is 9.80 Å². The number of rotatable bonds is 5. The fourth-order valence-corrected chi connectivity index (χ4v) is 3.04. The Balaban J connectivity index is 2.01. The molecule has 0 spiro atoms. The number of hydrogen-bond donors (Lipinski definition) is 0. The topological polar surface area (TPSA) is 6.48 Å². The Hall–Kier alpha value is -0.860. The lowest BCUT2D eigenvalue weighted by atomic mass is 10.1. The van der Waals surface area contributed by atoms with Gasteiger partial charge in [-0.2, -0.15) is 0 Å². The van der Waals surface area contributed by atoms with E-state index in [0.29, 0.717) is 18.1 Å². The standard InChI is InChI=1S/C17H28N2/c1-14(2)18-11-10-17(13-18)19(15(3)4)12-16-8-6-5-7-9-16/h5-9,14-15,17H,10-13H2,1-4H3. The van der Waals surface area contributed by atoms with Crippen molar-refractivity contribution in [2.45, 2.75) is 58.8 Å². The molecule has 2 heteroatoms. The normalized spacial score (nSPS) is 20.9. The molecule has 106 valence electrons. The van der Waals surface area contributed by atoms with Gasteiger partial charge in [0.15, 0.2) is 0 Å². The van der Waals surface area contributed by atoms with Gasteiger partial charge in [0.1, 0.15) is 0 Å². The van der Waals surface area contributed by atoms with Gasteiger partial charge in [0, 0.05) is 37.8 Å². The van der Waals surface area contributed by atoms with Gasteiger partial charge in [0.2, 0.25) is 0 Å². The Labute approximate surface area is 118 Å². The highest BCUT2D eigenvalue weighted by atomic mass is 15.3. The Kier molecular flexibility index (Phi) is 5.00. The predicted octanol–water partition coefficient (Wildman–Crippen LogP) is 3.38. The van der Waals surface area contributed by atoms with E-state index < -0.39 is 0 Å².